The Kier molecular flexibility index (Phi) is 47.3. The number of hydrogen-bond donors (Lipinski definition) is 2. The maximum Gasteiger partial charge on any atom is 0.293 e. The van der Waals surface area contributed by atoms with Crippen LogP contribution in [0, 0.1) is 0 Å². The number of carbonyl (C=O) groups is 1. The fraction of sp³-hybridized carbons (Fsp3) is 0.955. The molecule has 8 nitrogen and oxygen atoms in total. The van der Waals surface area contributed by atoms with Gasteiger partial charge in [-0.05, 0) is 33.1 Å². The first-order chi connectivity index (χ1) is 25.9. The van der Waals surface area contributed by atoms with Crippen LogP contribution in [0.2, 0.25) is 0 Å². The van der Waals surface area contributed by atoms with E-state index < -0.39 is 20.0 Å². The van der Waals surface area contributed by atoms with Crippen molar-refractivity contribution >= 4 is 20.3 Å². The van der Waals surface area contributed by atoms with E-state index in [1.54, 1.807) is 0 Å². The molecule has 0 saturated heterocycles. The minimum Gasteiger partial charge on any atom is -0.460 e. The molecule has 0 aliphatic carbocycles. The topological polar surface area (TPSA) is 95.5 Å². The van der Waals surface area contributed by atoms with Gasteiger partial charge in [0.1, 0.15) is 6.10 Å². The molecule has 53 heavy (non-hydrogen) atoms. The summed E-state index contributed by atoms with van der Waals surface area (Å²) in [7, 11) is -0.950. The first-order valence-electron chi connectivity index (χ1n) is 22.6. The van der Waals surface area contributed by atoms with E-state index in [1.165, 1.54) is 173 Å². The summed E-state index contributed by atoms with van der Waals surface area (Å²) in [5.74, 6) is 0. The van der Waals surface area contributed by atoms with Crippen molar-refractivity contribution in [3.05, 3.63) is 0 Å². The SMILES string of the molecule is C=P(OCC)(OCCNC)OC[C@H](COC(O)CCCCCCCCCCCCCCC)OC=O.CCCCCCCCCCCCCCCCCC. The zero-order valence-corrected chi connectivity index (χ0v) is 36.9. The molecule has 0 saturated carbocycles. The Morgan fingerprint density at radius 1 is 0.566 bits per heavy atom. The summed E-state index contributed by atoms with van der Waals surface area (Å²) >= 11 is 0. The molecule has 0 amide bonds. The van der Waals surface area contributed by atoms with Crippen molar-refractivity contribution in [2.24, 2.45) is 0 Å². The van der Waals surface area contributed by atoms with Gasteiger partial charge in [0.05, 0.1) is 26.4 Å². The van der Waals surface area contributed by atoms with Gasteiger partial charge >= 0.3 is 0 Å². The number of ether oxygens (including phenoxy) is 2. The Hall–Kier alpha value is -0.470. The Morgan fingerprint density at radius 3 is 1.28 bits per heavy atom. The van der Waals surface area contributed by atoms with Crippen LogP contribution in [0.3, 0.4) is 0 Å². The second-order valence-corrected chi connectivity index (χ2v) is 16.9. The summed E-state index contributed by atoms with van der Waals surface area (Å²) in [5.41, 5.74) is 0. The lowest BCUT2D eigenvalue weighted by Crippen LogP contribution is -2.28. The van der Waals surface area contributed by atoms with Crippen LogP contribution in [0.25, 0.3) is 0 Å². The Bertz CT molecular complexity index is 729. The van der Waals surface area contributed by atoms with Crippen LogP contribution in [0.5, 0.6) is 0 Å². The van der Waals surface area contributed by atoms with Crippen molar-refractivity contribution < 1.29 is 32.9 Å². The smallest absolute Gasteiger partial charge is 0.293 e. The summed E-state index contributed by atoms with van der Waals surface area (Å²) in [6, 6.07) is 0. The van der Waals surface area contributed by atoms with Gasteiger partial charge in [-0.3, -0.25) is 4.79 Å². The van der Waals surface area contributed by atoms with Crippen LogP contribution in [0.1, 0.15) is 220 Å². The van der Waals surface area contributed by atoms with Crippen molar-refractivity contribution in [2.45, 2.75) is 233 Å². The van der Waals surface area contributed by atoms with Crippen molar-refractivity contribution in [1.82, 2.24) is 5.32 Å². The lowest BCUT2D eigenvalue weighted by Gasteiger charge is -2.26. The summed E-state index contributed by atoms with van der Waals surface area (Å²) in [5, 5.41) is 13.1. The second kappa shape index (κ2) is 45.9. The molecule has 0 fully saturated rings. The lowest BCUT2D eigenvalue weighted by atomic mass is 10.0. The fourth-order valence-corrected chi connectivity index (χ4v) is 7.64. The molecule has 0 aromatic heterocycles. The predicted octanol–water partition coefficient (Wildman–Crippen LogP) is 13.1. The molecule has 0 heterocycles. The summed E-state index contributed by atoms with van der Waals surface area (Å²) in [6.45, 7) is 10.5. The zero-order chi connectivity index (χ0) is 39.4. The number of aliphatic hydroxyl groups excluding tert-OH is 1. The van der Waals surface area contributed by atoms with E-state index in [0.29, 0.717) is 32.7 Å². The number of nitrogens with one attached hydrogen (secondary N) is 1. The second-order valence-electron chi connectivity index (χ2n) is 14.9. The Labute approximate surface area is 330 Å². The normalized spacial score (nSPS) is 13.6. The van der Waals surface area contributed by atoms with Gasteiger partial charge in [-0.2, -0.15) is 0 Å². The van der Waals surface area contributed by atoms with Gasteiger partial charge in [0.2, 0.25) is 0 Å². The van der Waals surface area contributed by atoms with E-state index >= 15 is 0 Å². The quantitative estimate of drug-likeness (QED) is 0.0273. The molecule has 0 aromatic carbocycles. The van der Waals surface area contributed by atoms with Crippen molar-refractivity contribution in [2.75, 3.05) is 40.0 Å². The van der Waals surface area contributed by atoms with E-state index in [0.717, 1.165) is 12.8 Å². The van der Waals surface area contributed by atoms with Gasteiger partial charge in [0, 0.05) is 6.54 Å². The molecule has 0 rings (SSSR count). The van der Waals surface area contributed by atoms with Crippen LogP contribution in [0.4, 0.5) is 0 Å². The highest BCUT2D eigenvalue weighted by molar-refractivity contribution is 7.59. The molecule has 9 heteroatoms. The molecule has 0 bridgehead atoms. The van der Waals surface area contributed by atoms with E-state index in [9.17, 15) is 9.90 Å². The summed E-state index contributed by atoms with van der Waals surface area (Å²) < 4.78 is 27.5. The number of carbonyl (C=O) groups excluding carboxylic acids is 1. The average molecular weight is 778 g/mol. The first kappa shape index (κ1) is 54.6. The Balaban J connectivity index is 0. The van der Waals surface area contributed by atoms with E-state index in [2.05, 4.69) is 32.4 Å². The van der Waals surface area contributed by atoms with Crippen LogP contribution in [-0.2, 0) is 27.8 Å². The van der Waals surface area contributed by atoms with Gasteiger partial charge in [-0.25, -0.2) is 0 Å². The fourth-order valence-electron chi connectivity index (χ4n) is 6.26. The van der Waals surface area contributed by atoms with Gasteiger partial charge in [0.15, 0.2) is 6.29 Å². The van der Waals surface area contributed by atoms with Crippen LogP contribution >= 0.6 is 7.57 Å². The van der Waals surface area contributed by atoms with Gasteiger partial charge in [-0.15, -0.1) is 0 Å². The molecule has 2 unspecified atom stereocenters. The van der Waals surface area contributed by atoms with Crippen LogP contribution < -0.4 is 5.32 Å². The maximum atomic E-state index is 10.9. The predicted molar refractivity (Wildman–Crippen MR) is 230 cm³/mol. The van der Waals surface area contributed by atoms with Gasteiger partial charge < -0.3 is 33.5 Å². The van der Waals surface area contributed by atoms with Crippen LogP contribution in [0.15, 0.2) is 0 Å². The summed E-state index contributed by atoms with van der Waals surface area (Å²) in [6.07, 6.45) is 43.0. The molecule has 2 N–H and O–H groups in total. The van der Waals surface area contributed by atoms with E-state index in [-0.39, 0.29) is 13.2 Å². The molecule has 0 aliphatic heterocycles. The molecule has 0 radical (unpaired) electrons. The van der Waals surface area contributed by atoms with Gasteiger partial charge in [-0.1, -0.05) is 201 Å². The molecular formula is C44H92NO7P. The van der Waals surface area contributed by atoms with Gasteiger partial charge in [0.25, 0.3) is 14.0 Å². The van der Waals surface area contributed by atoms with Crippen molar-refractivity contribution in [3.63, 3.8) is 0 Å². The molecule has 0 aliphatic rings. The molecule has 0 aromatic rings. The number of aliphatic hydroxyl groups is 1. The van der Waals surface area contributed by atoms with E-state index in [4.69, 9.17) is 23.0 Å². The molecule has 320 valence electrons. The highest BCUT2D eigenvalue weighted by atomic mass is 31.2. The molecule has 0 spiro atoms. The van der Waals surface area contributed by atoms with Crippen molar-refractivity contribution in [1.29, 1.82) is 0 Å². The van der Waals surface area contributed by atoms with Crippen molar-refractivity contribution in [3.8, 4) is 0 Å². The van der Waals surface area contributed by atoms with E-state index in [1.807, 2.05) is 14.0 Å². The number of rotatable bonds is 43. The zero-order valence-electron chi connectivity index (χ0n) is 36.0. The standard InChI is InChI=1S/C26H54NO7P.C18H38/c1-5-7-8-9-10-11-12-13-14-15-16-17-18-19-26(29)30-22-25(31-24-28)23-34-35(4,32-6-2)33-21-20-27-3;1-3-5-7-9-11-13-15-17-18-16-14-12-10-8-6-4-2/h24-27,29H,4-23H2,1-3H3;3-18H2,1-2H3/t25-,26?,35?;/m0./s1. The largest absolute Gasteiger partial charge is 0.460 e. The third-order valence-corrected chi connectivity index (χ3v) is 11.4. The Morgan fingerprint density at radius 2 is 0.943 bits per heavy atom. The third-order valence-electron chi connectivity index (χ3n) is 9.66. The number of likely N-dealkylation sites (N-methyl/N-ethyl adjacent to an activating group) is 1. The highest BCUT2D eigenvalue weighted by Gasteiger charge is 2.21. The third kappa shape index (κ3) is 44.1. The number of hydrogen-bond acceptors (Lipinski definition) is 8. The minimum absolute atomic E-state index is 0.0149. The molecule has 3 atom stereocenters. The first-order valence-corrected chi connectivity index (χ1v) is 24.4. The summed E-state index contributed by atoms with van der Waals surface area (Å²) in [4.78, 5) is 10.9. The maximum absolute atomic E-state index is 10.9. The average Bonchev–Trinajstić information content (AvgIpc) is 3.15. The van der Waals surface area contributed by atoms with Crippen LogP contribution in [-0.4, -0.2) is 70.3 Å². The highest BCUT2D eigenvalue weighted by Crippen LogP contribution is 2.48. The monoisotopic (exact) mass is 778 g/mol. The molecular weight excluding hydrogens is 685 g/mol. The minimum atomic E-state index is -2.77. The lowest BCUT2D eigenvalue weighted by molar-refractivity contribution is -0.154. The number of unbranched alkanes of at least 4 members (excludes halogenated alkanes) is 27.